The average molecular weight is 722 g/mol. The highest BCUT2D eigenvalue weighted by molar-refractivity contribution is 7.91. The number of fused-ring (bicyclic) bond motifs is 3. The summed E-state index contributed by atoms with van der Waals surface area (Å²) in [4.78, 5) is 61.2. The fraction of sp³-hybridized carbons (Fsp3) is 0.541. The minimum absolute atomic E-state index is 0.0228. The number of nitrogens with one attached hydrogen (secondary N) is 3. The minimum atomic E-state index is -3.89. The Morgan fingerprint density at radius 2 is 1.90 bits per heavy atom. The van der Waals surface area contributed by atoms with Crippen LogP contribution in [0.1, 0.15) is 72.3 Å². The van der Waals surface area contributed by atoms with Crippen molar-refractivity contribution in [1.82, 2.24) is 25.2 Å². The van der Waals surface area contributed by atoms with Crippen LogP contribution in [0.15, 0.2) is 49.2 Å². The van der Waals surface area contributed by atoms with Gasteiger partial charge in [0.25, 0.3) is 5.91 Å². The molecule has 3 N–H and O–H groups in total. The Labute approximate surface area is 298 Å². The maximum Gasteiger partial charge on any atom is 0.407 e. The van der Waals surface area contributed by atoms with Gasteiger partial charge in [-0.2, -0.15) is 0 Å². The lowest BCUT2D eigenvalue weighted by Gasteiger charge is -2.35. The van der Waals surface area contributed by atoms with E-state index in [0.717, 1.165) is 16.3 Å². The Morgan fingerprint density at radius 3 is 2.57 bits per heavy atom. The van der Waals surface area contributed by atoms with Crippen molar-refractivity contribution in [1.29, 1.82) is 0 Å². The number of benzene rings is 1. The van der Waals surface area contributed by atoms with Gasteiger partial charge in [0.15, 0.2) is 0 Å². The molecule has 2 saturated carbocycles. The molecule has 4 bridgehead atoms. The average Bonchev–Trinajstić information content (AvgIpc) is 3.98. The van der Waals surface area contributed by atoms with Crippen molar-refractivity contribution in [3.05, 3.63) is 54.8 Å². The zero-order valence-corrected chi connectivity index (χ0v) is 30.5. The van der Waals surface area contributed by atoms with Gasteiger partial charge in [-0.3, -0.25) is 19.1 Å². The van der Waals surface area contributed by atoms with Crippen molar-refractivity contribution in [2.75, 3.05) is 13.2 Å². The fourth-order valence-electron chi connectivity index (χ4n) is 6.72. The lowest BCUT2D eigenvalue weighted by molar-refractivity contribution is -0.142. The molecule has 0 radical (unpaired) electrons. The van der Waals surface area contributed by atoms with E-state index in [4.69, 9.17) is 9.47 Å². The molecular formula is C37H47N5O8S. The van der Waals surface area contributed by atoms with Crippen molar-refractivity contribution in [3.8, 4) is 5.88 Å². The van der Waals surface area contributed by atoms with E-state index >= 15 is 0 Å². The monoisotopic (exact) mass is 721 g/mol. The van der Waals surface area contributed by atoms with Gasteiger partial charge in [0.05, 0.1) is 18.4 Å². The number of alkyl carbamates (subject to hydrolysis) is 1. The second-order valence-corrected chi connectivity index (χ2v) is 18.0. The summed E-state index contributed by atoms with van der Waals surface area (Å²) in [7, 11) is -3.89. The molecule has 13 nitrogen and oxygen atoms in total. The van der Waals surface area contributed by atoms with E-state index < -0.39 is 79.6 Å². The first kappa shape index (κ1) is 36.3. The summed E-state index contributed by atoms with van der Waals surface area (Å²) in [5, 5.41) is 6.57. The predicted octanol–water partition coefficient (Wildman–Crippen LogP) is 3.84. The third-order valence-electron chi connectivity index (χ3n) is 10.1. The Morgan fingerprint density at radius 1 is 1.16 bits per heavy atom. The van der Waals surface area contributed by atoms with Gasteiger partial charge in [-0.1, -0.05) is 65.0 Å². The molecular weight excluding hydrogens is 675 g/mol. The first-order valence-corrected chi connectivity index (χ1v) is 18.9. The number of hydrogen-bond donors (Lipinski definition) is 3. The van der Waals surface area contributed by atoms with E-state index in [-0.39, 0.29) is 26.0 Å². The van der Waals surface area contributed by atoms with Crippen LogP contribution in [0.4, 0.5) is 4.79 Å². The molecule has 2 aliphatic heterocycles. The largest absolute Gasteiger partial charge is 0.472 e. The van der Waals surface area contributed by atoms with Crippen LogP contribution < -0.4 is 20.1 Å². The lowest BCUT2D eigenvalue weighted by atomic mass is 9.85. The second kappa shape index (κ2) is 13.3. The van der Waals surface area contributed by atoms with Gasteiger partial charge in [-0.15, -0.1) is 6.58 Å². The van der Waals surface area contributed by atoms with Crippen molar-refractivity contribution >= 4 is 50.7 Å². The van der Waals surface area contributed by atoms with Crippen molar-refractivity contribution < 1.29 is 37.1 Å². The third-order valence-corrected chi connectivity index (χ3v) is 11.9. The normalized spacial score (nSPS) is 28.8. The van der Waals surface area contributed by atoms with Crippen LogP contribution in [0.2, 0.25) is 0 Å². The van der Waals surface area contributed by atoms with Crippen LogP contribution in [0.3, 0.4) is 0 Å². The summed E-state index contributed by atoms with van der Waals surface area (Å²) in [6.07, 6.45) is 7.43. The number of cyclic esters (lactones) is 1. The number of allylic oxidation sites excluding steroid dienone is 1. The van der Waals surface area contributed by atoms with Gasteiger partial charge in [-0.25, -0.2) is 18.2 Å². The molecule has 2 aliphatic carbocycles. The summed E-state index contributed by atoms with van der Waals surface area (Å²) < 4.78 is 39.6. The van der Waals surface area contributed by atoms with Crippen LogP contribution >= 0.6 is 0 Å². The van der Waals surface area contributed by atoms with Crippen LogP contribution in [0, 0.1) is 16.7 Å². The quantitative estimate of drug-likeness (QED) is 0.375. The highest BCUT2D eigenvalue weighted by Crippen LogP contribution is 2.45. The summed E-state index contributed by atoms with van der Waals surface area (Å²) >= 11 is 0. The zero-order valence-electron chi connectivity index (χ0n) is 29.7. The Bertz CT molecular complexity index is 1900. The molecule has 1 aromatic carbocycles. The van der Waals surface area contributed by atoms with E-state index in [0.29, 0.717) is 25.1 Å². The lowest BCUT2D eigenvalue weighted by Crippen LogP contribution is -2.60. The smallest absolute Gasteiger partial charge is 0.407 e. The van der Waals surface area contributed by atoms with Crippen LogP contribution in [0.5, 0.6) is 5.88 Å². The number of rotatable bonds is 6. The number of sulfonamides is 1. The topological polar surface area (TPSA) is 173 Å². The van der Waals surface area contributed by atoms with Gasteiger partial charge >= 0.3 is 6.09 Å². The molecule has 4 aliphatic rings. The minimum Gasteiger partial charge on any atom is -0.472 e. The van der Waals surface area contributed by atoms with Crippen LogP contribution in [0.25, 0.3) is 16.8 Å². The van der Waals surface area contributed by atoms with Gasteiger partial charge in [0.1, 0.15) is 23.7 Å². The summed E-state index contributed by atoms with van der Waals surface area (Å²) in [5.41, 5.74) is -1.84. The number of carbonyl (C=O) groups excluding carboxylic acids is 4. The first-order chi connectivity index (χ1) is 23.9. The molecule has 1 unspecified atom stereocenters. The molecule has 274 valence electrons. The Balaban J connectivity index is 1.35. The van der Waals surface area contributed by atoms with E-state index in [1.165, 1.54) is 11.0 Å². The summed E-state index contributed by atoms with van der Waals surface area (Å²) in [6.45, 7) is 13.2. The maximum atomic E-state index is 14.5. The zero-order chi connectivity index (χ0) is 36.9. The molecule has 1 saturated heterocycles. The predicted molar refractivity (Wildman–Crippen MR) is 191 cm³/mol. The number of aromatic nitrogens is 1. The molecule has 3 fully saturated rings. The highest BCUT2D eigenvalue weighted by atomic mass is 32.2. The van der Waals surface area contributed by atoms with Gasteiger partial charge in [0.2, 0.25) is 27.7 Å². The molecule has 1 aromatic heterocycles. The van der Waals surface area contributed by atoms with Crippen LogP contribution in [-0.4, -0.2) is 84.2 Å². The molecule has 51 heavy (non-hydrogen) atoms. The molecule has 14 heteroatoms. The molecule has 0 spiro atoms. The molecule has 5 atom stereocenters. The van der Waals surface area contributed by atoms with E-state index in [1.807, 2.05) is 50.3 Å². The number of nitrogens with zero attached hydrogens (tertiary/aromatic N) is 2. The van der Waals surface area contributed by atoms with Crippen molar-refractivity contribution in [3.63, 3.8) is 0 Å². The number of hydrogen-bond acceptors (Lipinski definition) is 9. The SMILES string of the molecule is C=C[C@@H]1CC1(NC(=O)[C@@H]1C[C@@H]2CN1C(=O)[C@H](C(C)(C)C)NC(=O)OCC(C)(C)C/C=C/c1ccc3ccnc(c3c1)O2)C(=O)NS(=O)(=O)C1CC1. The second-order valence-electron chi connectivity index (χ2n) is 16.1. The van der Waals surface area contributed by atoms with Gasteiger partial charge < -0.3 is 25.0 Å². The number of ether oxygens (including phenoxy) is 2. The van der Waals surface area contributed by atoms with Gasteiger partial charge in [0, 0.05) is 29.3 Å². The number of carbonyl (C=O) groups is 4. The fourth-order valence-corrected chi connectivity index (χ4v) is 8.08. The maximum absolute atomic E-state index is 14.5. The standard InChI is InChI=1S/C37H47N5O8S/c1-7-24-19-37(24,33(45)41-51(47,48)26-12-13-26)40-30(43)28-18-25-20-42(28)32(44)29(35(2,3)4)39-34(46)49-21-36(5,6)15-8-9-22-10-11-23-14-16-38-31(50-25)27(23)17-22/h7-11,14,16-17,24-26,28-29H,1,12-13,15,18-21H2,2-6H3,(H,39,46)(H,40,43)(H,41,45)/b9-8+/t24-,25-,28+,29-,37?/m1/s1. The van der Waals surface area contributed by atoms with Crippen molar-refractivity contribution in [2.45, 2.75) is 95.7 Å². The number of amides is 4. The molecule has 2 aromatic rings. The third kappa shape index (κ3) is 7.75. The highest BCUT2D eigenvalue weighted by Gasteiger charge is 2.62. The van der Waals surface area contributed by atoms with E-state index in [2.05, 4.69) is 26.9 Å². The van der Waals surface area contributed by atoms with E-state index in [9.17, 15) is 27.6 Å². The summed E-state index contributed by atoms with van der Waals surface area (Å²) in [6, 6.07) is 5.56. The Kier molecular flexibility index (Phi) is 9.45. The number of pyridine rings is 1. The molecule has 6 rings (SSSR count). The van der Waals surface area contributed by atoms with E-state index in [1.54, 1.807) is 27.0 Å². The summed E-state index contributed by atoms with van der Waals surface area (Å²) in [5.74, 6) is -2.19. The molecule has 3 heterocycles. The first-order valence-electron chi connectivity index (χ1n) is 17.4. The van der Waals surface area contributed by atoms with Crippen LogP contribution in [-0.2, 0) is 29.1 Å². The van der Waals surface area contributed by atoms with Crippen molar-refractivity contribution in [2.24, 2.45) is 16.7 Å². The van der Waals surface area contributed by atoms with Gasteiger partial charge in [-0.05, 0) is 54.2 Å². The Hall–Kier alpha value is -4.46. The molecule has 4 amide bonds.